The molecule has 0 aliphatic rings. The molecular weight excluding hydrogens is 364 g/mol. The average molecular weight is 373 g/mol. The number of aromatic amines is 1. The van der Waals surface area contributed by atoms with Gasteiger partial charge in [-0.05, 0) is 29.3 Å². The zero-order valence-electron chi connectivity index (χ0n) is 12.7. The largest absolute Gasteiger partial charge is 0.573 e. The Morgan fingerprint density at radius 2 is 1.46 bits per heavy atom. The second kappa shape index (κ2) is 6.36. The van der Waals surface area contributed by atoms with E-state index in [2.05, 4.69) is 14.8 Å². The standard InChI is InChI=1S/C16H9F6N3O/c17-15(18,19)14-23-13(24-25-14)11-3-1-2-10(8-11)9-4-6-12(7-5-9)26-16(20,21)22/h1-8H,(H,23,24,25). The molecule has 0 saturated heterocycles. The molecular formula is C16H9F6N3O. The van der Waals surface area contributed by atoms with Gasteiger partial charge < -0.3 is 4.74 Å². The van der Waals surface area contributed by atoms with Crippen molar-refractivity contribution in [1.29, 1.82) is 0 Å². The minimum absolute atomic E-state index is 0.142. The molecule has 26 heavy (non-hydrogen) atoms. The molecule has 0 amide bonds. The minimum Gasteiger partial charge on any atom is -0.406 e. The topological polar surface area (TPSA) is 50.8 Å². The summed E-state index contributed by atoms with van der Waals surface area (Å²) in [6.07, 6.45) is -9.43. The molecule has 3 aromatic rings. The number of benzene rings is 2. The van der Waals surface area contributed by atoms with Gasteiger partial charge in [0.25, 0.3) is 0 Å². The number of nitrogens with one attached hydrogen (secondary N) is 1. The summed E-state index contributed by atoms with van der Waals surface area (Å²) in [5.41, 5.74) is 1.44. The lowest BCUT2D eigenvalue weighted by atomic mass is 10.0. The van der Waals surface area contributed by atoms with Gasteiger partial charge >= 0.3 is 12.5 Å². The third kappa shape index (κ3) is 4.13. The van der Waals surface area contributed by atoms with Crippen molar-refractivity contribution in [2.45, 2.75) is 12.5 Å². The highest BCUT2D eigenvalue weighted by Crippen LogP contribution is 2.30. The van der Waals surface area contributed by atoms with Crippen LogP contribution in [0.15, 0.2) is 48.5 Å². The van der Waals surface area contributed by atoms with E-state index in [0.717, 1.165) is 12.1 Å². The van der Waals surface area contributed by atoms with E-state index < -0.39 is 18.4 Å². The maximum absolute atomic E-state index is 12.6. The second-order valence-electron chi connectivity index (χ2n) is 5.16. The van der Waals surface area contributed by atoms with Crippen molar-refractivity contribution in [1.82, 2.24) is 15.2 Å². The van der Waals surface area contributed by atoms with E-state index >= 15 is 0 Å². The zero-order valence-corrected chi connectivity index (χ0v) is 12.7. The predicted molar refractivity (Wildman–Crippen MR) is 78.9 cm³/mol. The summed E-state index contributed by atoms with van der Waals surface area (Å²) in [7, 11) is 0. The number of halogens is 6. The number of alkyl halides is 6. The molecule has 0 fully saturated rings. The van der Waals surface area contributed by atoms with E-state index in [9.17, 15) is 26.3 Å². The van der Waals surface area contributed by atoms with E-state index in [1.54, 1.807) is 12.1 Å². The summed E-state index contributed by atoms with van der Waals surface area (Å²) in [6.45, 7) is 0. The van der Waals surface area contributed by atoms with Crippen molar-refractivity contribution in [2.75, 3.05) is 0 Å². The Bertz CT molecular complexity index is 899. The summed E-state index contributed by atoms with van der Waals surface area (Å²) in [5.74, 6) is -1.73. The van der Waals surface area contributed by atoms with Crippen LogP contribution in [0.5, 0.6) is 5.75 Å². The van der Waals surface area contributed by atoms with Crippen LogP contribution in [0, 0.1) is 0 Å². The van der Waals surface area contributed by atoms with Gasteiger partial charge in [-0.3, -0.25) is 5.10 Å². The van der Waals surface area contributed by atoms with Crippen molar-refractivity contribution >= 4 is 0 Å². The van der Waals surface area contributed by atoms with E-state index in [0.29, 0.717) is 16.7 Å². The molecule has 0 unspecified atom stereocenters. The van der Waals surface area contributed by atoms with E-state index in [4.69, 9.17) is 0 Å². The van der Waals surface area contributed by atoms with Gasteiger partial charge in [0.05, 0.1) is 0 Å². The highest BCUT2D eigenvalue weighted by Gasteiger charge is 2.35. The van der Waals surface area contributed by atoms with Gasteiger partial charge in [0.15, 0.2) is 5.82 Å². The molecule has 1 N–H and O–H groups in total. The predicted octanol–water partition coefficient (Wildman–Crippen LogP) is 5.06. The first kappa shape index (κ1) is 17.8. The van der Waals surface area contributed by atoms with Crippen LogP contribution >= 0.6 is 0 Å². The van der Waals surface area contributed by atoms with Crippen LogP contribution in [-0.2, 0) is 6.18 Å². The molecule has 0 spiro atoms. The van der Waals surface area contributed by atoms with Crippen LogP contribution in [0.2, 0.25) is 0 Å². The number of H-pyrrole nitrogens is 1. The molecule has 3 rings (SSSR count). The Kier molecular flexibility index (Phi) is 4.34. The summed E-state index contributed by atoms with van der Waals surface area (Å²) >= 11 is 0. The summed E-state index contributed by atoms with van der Waals surface area (Å²) < 4.78 is 78.1. The summed E-state index contributed by atoms with van der Waals surface area (Å²) in [6, 6.07) is 11.4. The lowest BCUT2D eigenvalue weighted by Gasteiger charge is -2.09. The molecule has 1 aromatic heterocycles. The molecule has 136 valence electrons. The Morgan fingerprint density at radius 3 is 2.04 bits per heavy atom. The van der Waals surface area contributed by atoms with Crippen molar-refractivity contribution in [3.05, 3.63) is 54.4 Å². The minimum atomic E-state index is -4.79. The molecule has 0 radical (unpaired) electrons. The molecule has 10 heteroatoms. The Balaban J connectivity index is 1.86. The van der Waals surface area contributed by atoms with E-state index in [1.807, 2.05) is 5.10 Å². The lowest BCUT2D eigenvalue weighted by molar-refractivity contribution is -0.274. The van der Waals surface area contributed by atoms with Crippen LogP contribution in [0.4, 0.5) is 26.3 Å². The second-order valence-corrected chi connectivity index (χ2v) is 5.16. The Morgan fingerprint density at radius 1 is 0.808 bits per heavy atom. The third-order valence-electron chi connectivity index (χ3n) is 3.30. The highest BCUT2D eigenvalue weighted by atomic mass is 19.4. The van der Waals surface area contributed by atoms with Gasteiger partial charge in [0.1, 0.15) is 5.75 Å². The fourth-order valence-electron chi connectivity index (χ4n) is 2.20. The first-order valence-electron chi connectivity index (χ1n) is 7.08. The maximum Gasteiger partial charge on any atom is 0.573 e. The van der Waals surface area contributed by atoms with E-state index in [1.165, 1.54) is 24.3 Å². The number of nitrogens with zero attached hydrogens (tertiary/aromatic N) is 2. The molecule has 0 saturated carbocycles. The monoisotopic (exact) mass is 373 g/mol. The first-order valence-corrected chi connectivity index (χ1v) is 7.08. The van der Waals surface area contributed by atoms with Crippen LogP contribution in [0.25, 0.3) is 22.5 Å². The van der Waals surface area contributed by atoms with Crippen LogP contribution in [0.3, 0.4) is 0 Å². The van der Waals surface area contributed by atoms with Crippen molar-refractivity contribution in [3.8, 4) is 28.3 Å². The Labute approximate surface area is 142 Å². The fourth-order valence-corrected chi connectivity index (χ4v) is 2.20. The molecule has 0 aliphatic heterocycles. The normalized spacial score (nSPS) is 12.2. The van der Waals surface area contributed by atoms with Crippen LogP contribution in [0.1, 0.15) is 5.82 Å². The molecule has 2 aromatic carbocycles. The highest BCUT2D eigenvalue weighted by molar-refractivity contribution is 5.70. The number of hydrogen-bond donors (Lipinski definition) is 1. The molecule has 0 atom stereocenters. The third-order valence-corrected chi connectivity index (χ3v) is 3.30. The number of hydrogen-bond acceptors (Lipinski definition) is 3. The lowest BCUT2D eigenvalue weighted by Crippen LogP contribution is -2.16. The van der Waals surface area contributed by atoms with Crippen LogP contribution < -0.4 is 4.74 Å². The number of ether oxygens (including phenoxy) is 1. The molecule has 4 nitrogen and oxygen atoms in total. The van der Waals surface area contributed by atoms with Crippen LogP contribution in [-0.4, -0.2) is 21.5 Å². The maximum atomic E-state index is 12.6. The first-order chi connectivity index (χ1) is 12.1. The molecule has 1 heterocycles. The number of rotatable bonds is 3. The van der Waals surface area contributed by atoms with Gasteiger partial charge in [-0.1, -0.05) is 30.3 Å². The van der Waals surface area contributed by atoms with Crippen molar-refractivity contribution in [2.24, 2.45) is 0 Å². The van der Waals surface area contributed by atoms with Crippen molar-refractivity contribution in [3.63, 3.8) is 0 Å². The quantitative estimate of drug-likeness (QED) is 0.653. The SMILES string of the molecule is FC(F)(F)Oc1ccc(-c2cccc(-c3n[nH]c(C(F)(F)F)n3)c2)cc1. The van der Waals surface area contributed by atoms with Gasteiger partial charge in [-0.25, -0.2) is 4.98 Å². The van der Waals surface area contributed by atoms with Crippen molar-refractivity contribution < 1.29 is 31.1 Å². The summed E-state index contributed by atoms with van der Waals surface area (Å²) in [4.78, 5) is 3.40. The molecule has 0 aliphatic carbocycles. The average Bonchev–Trinajstić information content (AvgIpc) is 3.04. The van der Waals surface area contributed by atoms with Gasteiger partial charge in [0.2, 0.25) is 5.82 Å². The smallest absolute Gasteiger partial charge is 0.406 e. The molecule has 0 bridgehead atoms. The zero-order chi connectivity index (χ0) is 18.9. The van der Waals surface area contributed by atoms with E-state index in [-0.39, 0.29) is 11.6 Å². The fraction of sp³-hybridized carbons (Fsp3) is 0.125. The van der Waals surface area contributed by atoms with Gasteiger partial charge in [-0.15, -0.1) is 13.2 Å². The Hall–Kier alpha value is -3.04. The van der Waals surface area contributed by atoms with Gasteiger partial charge in [0, 0.05) is 5.56 Å². The number of aromatic nitrogens is 3. The summed E-state index contributed by atoms with van der Waals surface area (Å²) in [5, 5.41) is 5.36. The van der Waals surface area contributed by atoms with Gasteiger partial charge in [-0.2, -0.15) is 18.3 Å².